The molecule has 0 aliphatic rings. The molecular formula is C12H11BrClN3O2S. The molecule has 0 aliphatic heterocycles. The third-order valence-corrected chi connectivity index (χ3v) is 4.44. The van der Waals surface area contributed by atoms with E-state index >= 15 is 0 Å². The van der Waals surface area contributed by atoms with E-state index < -0.39 is 10.0 Å². The van der Waals surface area contributed by atoms with E-state index in [2.05, 4.69) is 21.2 Å². The van der Waals surface area contributed by atoms with E-state index in [1.54, 1.807) is 24.3 Å². The zero-order valence-electron chi connectivity index (χ0n) is 10.1. The van der Waals surface area contributed by atoms with E-state index in [0.29, 0.717) is 10.7 Å². The molecule has 8 heteroatoms. The molecule has 0 fully saturated rings. The number of nitrogens with two attached hydrogens (primary N) is 2. The molecule has 0 radical (unpaired) electrons. The zero-order chi connectivity index (χ0) is 14.9. The number of anilines is 3. The van der Waals surface area contributed by atoms with Gasteiger partial charge < -0.3 is 11.1 Å². The number of hydrogen-bond acceptors (Lipinski definition) is 4. The number of nitrogen functional groups attached to an aromatic ring is 1. The lowest BCUT2D eigenvalue weighted by Gasteiger charge is -2.11. The minimum atomic E-state index is -3.82. The fourth-order valence-electron chi connectivity index (χ4n) is 1.63. The van der Waals surface area contributed by atoms with Crippen molar-refractivity contribution >= 4 is 54.6 Å². The normalized spacial score (nSPS) is 11.3. The number of benzene rings is 2. The number of hydrogen-bond donors (Lipinski definition) is 3. The summed E-state index contributed by atoms with van der Waals surface area (Å²) in [5.74, 6) is 0. The van der Waals surface area contributed by atoms with Gasteiger partial charge in [-0.25, -0.2) is 13.6 Å². The molecule has 0 bridgehead atoms. The van der Waals surface area contributed by atoms with Gasteiger partial charge in [-0.15, -0.1) is 0 Å². The second-order valence-corrected chi connectivity index (χ2v) is 6.87. The van der Waals surface area contributed by atoms with Crippen LogP contribution in [0.15, 0.2) is 45.8 Å². The molecule has 0 heterocycles. The van der Waals surface area contributed by atoms with Crippen molar-refractivity contribution in [2.45, 2.75) is 4.90 Å². The van der Waals surface area contributed by atoms with Crippen LogP contribution in [0.5, 0.6) is 0 Å². The fourth-order valence-corrected chi connectivity index (χ4v) is 2.80. The molecule has 5 N–H and O–H groups in total. The molecular weight excluding hydrogens is 366 g/mol. The first-order valence-electron chi connectivity index (χ1n) is 5.42. The minimum Gasteiger partial charge on any atom is -0.398 e. The van der Waals surface area contributed by atoms with Crippen LogP contribution in [0.25, 0.3) is 0 Å². The molecule has 2 aromatic carbocycles. The van der Waals surface area contributed by atoms with Crippen LogP contribution in [-0.2, 0) is 10.0 Å². The Morgan fingerprint density at radius 1 is 1.15 bits per heavy atom. The third-order valence-electron chi connectivity index (χ3n) is 2.52. The van der Waals surface area contributed by atoms with Gasteiger partial charge in [0.1, 0.15) is 4.90 Å². The highest BCUT2D eigenvalue weighted by molar-refractivity contribution is 9.10. The first kappa shape index (κ1) is 15.1. The lowest BCUT2D eigenvalue weighted by atomic mass is 10.2. The van der Waals surface area contributed by atoms with Crippen LogP contribution < -0.4 is 16.2 Å². The van der Waals surface area contributed by atoms with Crippen LogP contribution in [0.4, 0.5) is 17.1 Å². The zero-order valence-corrected chi connectivity index (χ0v) is 13.3. The van der Waals surface area contributed by atoms with Gasteiger partial charge in [-0.2, -0.15) is 0 Å². The van der Waals surface area contributed by atoms with Gasteiger partial charge >= 0.3 is 0 Å². The molecule has 0 aromatic heterocycles. The molecule has 0 aliphatic carbocycles. The molecule has 0 saturated heterocycles. The highest BCUT2D eigenvalue weighted by Crippen LogP contribution is 2.30. The van der Waals surface area contributed by atoms with Crippen molar-refractivity contribution in [1.82, 2.24) is 0 Å². The number of nitrogens with one attached hydrogen (secondary N) is 1. The first-order chi connectivity index (χ1) is 9.27. The van der Waals surface area contributed by atoms with E-state index in [0.717, 1.165) is 10.2 Å². The van der Waals surface area contributed by atoms with E-state index in [1.165, 1.54) is 12.1 Å². The maximum absolute atomic E-state index is 11.3. The quantitative estimate of drug-likeness (QED) is 0.717. The molecule has 106 valence electrons. The van der Waals surface area contributed by atoms with Crippen molar-refractivity contribution in [3.8, 4) is 0 Å². The summed E-state index contributed by atoms with van der Waals surface area (Å²) in [6.07, 6.45) is 0. The molecule has 5 nitrogen and oxygen atoms in total. The topological polar surface area (TPSA) is 98.2 Å². The predicted octanol–water partition coefficient (Wildman–Crippen LogP) is 3.08. The third kappa shape index (κ3) is 3.43. The Hall–Kier alpha value is -1.28. The van der Waals surface area contributed by atoms with Crippen molar-refractivity contribution in [2.75, 3.05) is 11.1 Å². The summed E-state index contributed by atoms with van der Waals surface area (Å²) in [5.41, 5.74) is 7.13. The van der Waals surface area contributed by atoms with E-state index in [4.69, 9.17) is 22.5 Å². The Bertz CT molecular complexity index is 765. The summed E-state index contributed by atoms with van der Waals surface area (Å²) in [6, 6.07) is 9.69. The van der Waals surface area contributed by atoms with E-state index in [9.17, 15) is 8.42 Å². The van der Waals surface area contributed by atoms with Crippen molar-refractivity contribution in [3.05, 3.63) is 45.9 Å². The van der Waals surface area contributed by atoms with Crippen molar-refractivity contribution in [2.24, 2.45) is 5.14 Å². The summed E-state index contributed by atoms with van der Waals surface area (Å²) in [6.45, 7) is 0. The molecule has 2 rings (SSSR count). The molecule has 20 heavy (non-hydrogen) atoms. The summed E-state index contributed by atoms with van der Waals surface area (Å²) < 4.78 is 23.4. The Morgan fingerprint density at radius 3 is 2.45 bits per heavy atom. The lowest BCUT2D eigenvalue weighted by Crippen LogP contribution is -2.14. The maximum Gasteiger partial charge on any atom is 0.240 e. The second kappa shape index (κ2) is 5.61. The van der Waals surface area contributed by atoms with Gasteiger partial charge in [-0.1, -0.05) is 11.6 Å². The summed E-state index contributed by atoms with van der Waals surface area (Å²) >= 11 is 9.30. The Labute approximate surface area is 130 Å². The molecule has 2 aromatic rings. The molecule has 0 atom stereocenters. The summed E-state index contributed by atoms with van der Waals surface area (Å²) in [7, 11) is -3.82. The van der Waals surface area contributed by atoms with Crippen LogP contribution >= 0.6 is 27.5 Å². The monoisotopic (exact) mass is 375 g/mol. The van der Waals surface area contributed by atoms with Crippen LogP contribution in [-0.4, -0.2) is 8.42 Å². The van der Waals surface area contributed by atoms with Crippen LogP contribution in [0.3, 0.4) is 0 Å². The summed E-state index contributed by atoms with van der Waals surface area (Å²) in [5, 5.41) is 8.71. The smallest absolute Gasteiger partial charge is 0.240 e. The highest BCUT2D eigenvalue weighted by atomic mass is 79.9. The lowest BCUT2D eigenvalue weighted by molar-refractivity contribution is 0.598. The van der Waals surface area contributed by atoms with Gasteiger partial charge in [-0.3, -0.25) is 0 Å². The van der Waals surface area contributed by atoms with E-state index in [-0.39, 0.29) is 10.6 Å². The number of halogens is 2. The number of rotatable bonds is 3. The number of primary sulfonamides is 1. The van der Waals surface area contributed by atoms with Crippen molar-refractivity contribution in [3.63, 3.8) is 0 Å². The average molecular weight is 377 g/mol. The predicted molar refractivity (Wildman–Crippen MR) is 84.7 cm³/mol. The Balaban J connectivity index is 2.36. The van der Waals surface area contributed by atoms with E-state index in [1.807, 2.05) is 0 Å². The Morgan fingerprint density at radius 2 is 1.85 bits per heavy atom. The van der Waals surface area contributed by atoms with Crippen molar-refractivity contribution < 1.29 is 8.42 Å². The average Bonchev–Trinajstić information content (AvgIpc) is 2.32. The summed E-state index contributed by atoms with van der Waals surface area (Å²) in [4.78, 5) is -0.104. The van der Waals surface area contributed by atoms with Crippen LogP contribution in [0.1, 0.15) is 0 Å². The molecule has 0 amide bonds. The van der Waals surface area contributed by atoms with Gasteiger partial charge in [-0.05, 0) is 52.3 Å². The van der Waals surface area contributed by atoms with Gasteiger partial charge in [0.25, 0.3) is 0 Å². The Kier molecular flexibility index (Phi) is 4.24. The van der Waals surface area contributed by atoms with Crippen LogP contribution in [0.2, 0.25) is 5.02 Å². The maximum atomic E-state index is 11.3. The minimum absolute atomic E-state index is 0.0793. The van der Waals surface area contributed by atoms with Gasteiger partial charge in [0.15, 0.2) is 0 Å². The molecule has 0 saturated carbocycles. The SMILES string of the molecule is Nc1cc(Nc2cc(Cl)ccc2Br)ccc1S(N)(=O)=O. The molecule has 0 unspecified atom stereocenters. The van der Waals surface area contributed by atoms with Gasteiger partial charge in [0, 0.05) is 15.2 Å². The largest absolute Gasteiger partial charge is 0.398 e. The van der Waals surface area contributed by atoms with Crippen molar-refractivity contribution in [1.29, 1.82) is 0 Å². The standard InChI is InChI=1S/C12H11BrClN3O2S/c13-9-3-1-7(14)5-11(9)17-8-2-4-12(10(15)6-8)20(16,18)19/h1-6,17H,15H2,(H2,16,18,19). The van der Waals surface area contributed by atoms with Crippen LogP contribution in [0, 0.1) is 0 Å². The number of sulfonamides is 1. The molecule has 0 spiro atoms. The first-order valence-corrected chi connectivity index (χ1v) is 8.13. The second-order valence-electron chi connectivity index (χ2n) is 4.05. The van der Waals surface area contributed by atoms with Gasteiger partial charge in [0.05, 0.1) is 11.4 Å². The highest BCUT2D eigenvalue weighted by Gasteiger charge is 2.12. The van der Waals surface area contributed by atoms with Gasteiger partial charge in [0.2, 0.25) is 10.0 Å². The fraction of sp³-hybridized carbons (Fsp3) is 0.